The highest BCUT2D eigenvalue weighted by Crippen LogP contribution is 2.12. The molecule has 0 amide bonds. The van der Waals surface area contributed by atoms with Gasteiger partial charge in [-0.3, -0.25) is 9.59 Å². The van der Waals surface area contributed by atoms with E-state index in [1.54, 1.807) is 6.92 Å². The predicted octanol–water partition coefficient (Wildman–Crippen LogP) is 4.60. The fourth-order valence-corrected chi connectivity index (χ4v) is 2.53. The Morgan fingerprint density at radius 1 is 0.955 bits per heavy atom. The smallest absolute Gasteiger partial charge is 0.193 e. The van der Waals surface area contributed by atoms with E-state index in [1.807, 2.05) is 66.7 Å². The van der Waals surface area contributed by atoms with Gasteiger partial charge in [0, 0.05) is 23.8 Å². The number of carbonyl (C=O) groups is 2. The maximum atomic E-state index is 12.3. The van der Waals surface area contributed by atoms with Gasteiger partial charge in [-0.05, 0) is 12.0 Å². The fourth-order valence-electron chi connectivity index (χ4n) is 1.99. The Morgan fingerprint density at radius 2 is 1.59 bits per heavy atom. The van der Waals surface area contributed by atoms with Crippen LogP contribution < -0.4 is 0 Å². The van der Waals surface area contributed by atoms with Crippen molar-refractivity contribution in [2.75, 3.05) is 5.75 Å². The van der Waals surface area contributed by atoms with Gasteiger partial charge in [0.25, 0.3) is 0 Å². The lowest BCUT2D eigenvalue weighted by atomic mass is 10.0. The second-order valence-electron chi connectivity index (χ2n) is 4.85. The Bertz CT molecular complexity index is 658. The first-order valence-corrected chi connectivity index (χ1v) is 8.15. The van der Waals surface area contributed by atoms with Crippen LogP contribution in [0.3, 0.4) is 0 Å². The molecule has 0 aliphatic rings. The zero-order valence-electron chi connectivity index (χ0n) is 12.5. The summed E-state index contributed by atoms with van der Waals surface area (Å²) < 4.78 is 0. The summed E-state index contributed by atoms with van der Waals surface area (Å²) in [6.45, 7) is 1.58. The van der Waals surface area contributed by atoms with E-state index in [-0.39, 0.29) is 10.9 Å². The van der Waals surface area contributed by atoms with Gasteiger partial charge in [-0.1, -0.05) is 78.5 Å². The van der Waals surface area contributed by atoms with Gasteiger partial charge in [0.15, 0.2) is 10.9 Å². The molecule has 0 spiro atoms. The van der Waals surface area contributed by atoms with Crippen LogP contribution in [0.15, 0.2) is 60.7 Å². The van der Waals surface area contributed by atoms with Gasteiger partial charge in [-0.2, -0.15) is 0 Å². The predicted molar refractivity (Wildman–Crippen MR) is 93.1 cm³/mol. The third kappa shape index (κ3) is 5.01. The Balaban J connectivity index is 1.94. The average molecular weight is 310 g/mol. The molecule has 0 aliphatic carbocycles. The normalized spacial score (nSPS) is 10.8. The number of hydrogen-bond donors (Lipinski definition) is 0. The number of carbonyl (C=O) groups excluding carboxylic acids is 2. The molecule has 0 saturated heterocycles. The molecule has 0 bridgehead atoms. The van der Waals surface area contributed by atoms with Crippen molar-refractivity contribution in [3.05, 3.63) is 77.4 Å². The summed E-state index contributed by atoms with van der Waals surface area (Å²) in [5, 5.41) is 0.150. The van der Waals surface area contributed by atoms with Gasteiger partial charge >= 0.3 is 0 Å². The summed E-state index contributed by atoms with van der Waals surface area (Å²) in [5.74, 6) is 0.838. The van der Waals surface area contributed by atoms with Crippen LogP contribution in [0.5, 0.6) is 0 Å². The Morgan fingerprint density at radius 3 is 2.23 bits per heavy atom. The molecule has 0 aromatic heterocycles. The van der Waals surface area contributed by atoms with Crippen LogP contribution in [0, 0.1) is 0 Å². The third-order valence-corrected chi connectivity index (χ3v) is 3.96. The molecule has 0 saturated carbocycles. The first kappa shape index (κ1) is 16.2. The van der Waals surface area contributed by atoms with Crippen molar-refractivity contribution in [2.24, 2.45) is 0 Å². The Kier molecular flexibility index (Phi) is 6.16. The van der Waals surface area contributed by atoms with Crippen molar-refractivity contribution in [2.45, 2.75) is 13.3 Å². The van der Waals surface area contributed by atoms with E-state index >= 15 is 0 Å². The largest absolute Gasteiger partial charge is 0.289 e. The van der Waals surface area contributed by atoms with Crippen molar-refractivity contribution in [3.63, 3.8) is 0 Å². The maximum Gasteiger partial charge on any atom is 0.193 e. The molecule has 2 aromatic carbocycles. The second-order valence-corrected chi connectivity index (χ2v) is 6.12. The number of rotatable bonds is 6. The van der Waals surface area contributed by atoms with Gasteiger partial charge in [-0.25, -0.2) is 0 Å². The van der Waals surface area contributed by atoms with Gasteiger partial charge in [0.1, 0.15) is 0 Å². The second kappa shape index (κ2) is 8.35. The first-order chi connectivity index (χ1) is 10.7. The zero-order chi connectivity index (χ0) is 15.8. The average Bonchev–Trinajstić information content (AvgIpc) is 2.55. The van der Waals surface area contributed by atoms with Gasteiger partial charge in [0.2, 0.25) is 0 Å². The standard InChI is InChI=1S/C19H18O2S/c1-15(20)22-14-6-5-7-16-10-12-18(13-11-16)19(21)17-8-3-2-4-9-17/h2-5,7-13H,6,14H2,1H3. The molecule has 0 unspecified atom stereocenters. The minimum absolute atomic E-state index is 0.0361. The topological polar surface area (TPSA) is 34.1 Å². The minimum Gasteiger partial charge on any atom is -0.289 e. The highest BCUT2D eigenvalue weighted by atomic mass is 32.2. The van der Waals surface area contributed by atoms with E-state index in [0.29, 0.717) is 11.1 Å². The van der Waals surface area contributed by atoms with E-state index in [9.17, 15) is 9.59 Å². The molecule has 2 aromatic rings. The summed E-state index contributed by atoms with van der Waals surface area (Å²) >= 11 is 1.34. The lowest BCUT2D eigenvalue weighted by molar-refractivity contribution is -0.109. The molecule has 22 heavy (non-hydrogen) atoms. The summed E-state index contributed by atoms with van der Waals surface area (Å²) in [4.78, 5) is 23.1. The minimum atomic E-state index is 0.0361. The SMILES string of the molecule is CC(=O)SCCC=Cc1ccc(C(=O)c2ccccc2)cc1. The highest BCUT2D eigenvalue weighted by Gasteiger charge is 2.07. The Hall–Kier alpha value is -2.13. The van der Waals surface area contributed by atoms with Gasteiger partial charge < -0.3 is 0 Å². The van der Waals surface area contributed by atoms with Gasteiger partial charge in [-0.15, -0.1) is 0 Å². The molecule has 0 atom stereocenters. The van der Waals surface area contributed by atoms with Crippen LogP contribution in [0.2, 0.25) is 0 Å². The van der Waals surface area contributed by atoms with Crippen LogP contribution in [0.4, 0.5) is 0 Å². The van der Waals surface area contributed by atoms with Crippen LogP contribution >= 0.6 is 11.8 Å². The monoisotopic (exact) mass is 310 g/mol. The number of hydrogen-bond acceptors (Lipinski definition) is 3. The molecular weight excluding hydrogens is 292 g/mol. The summed E-state index contributed by atoms with van der Waals surface area (Å²) in [6.07, 6.45) is 4.91. The van der Waals surface area contributed by atoms with Crippen molar-refractivity contribution in [3.8, 4) is 0 Å². The first-order valence-electron chi connectivity index (χ1n) is 7.16. The molecule has 3 heteroatoms. The molecule has 0 aliphatic heterocycles. The van der Waals surface area contributed by atoms with Crippen molar-refractivity contribution >= 4 is 28.7 Å². The van der Waals surface area contributed by atoms with E-state index in [4.69, 9.17) is 0 Å². The number of ketones is 1. The van der Waals surface area contributed by atoms with Crippen molar-refractivity contribution in [1.29, 1.82) is 0 Å². The molecule has 112 valence electrons. The Labute approximate surface area is 135 Å². The number of thioether (sulfide) groups is 1. The van der Waals surface area contributed by atoms with E-state index in [0.717, 1.165) is 17.7 Å². The molecule has 0 heterocycles. The van der Waals surface area contributed by atoms with Crippen LogP contribution in [0.25, 0.3) is 6.08 Å². The number of benzene rings is 2. The van der Waals surface area contributed by atoms with E-state index in [1.165, 1.54) is 11.8 Å². The lowest BCUT2D eigenvalue weighted by Gasteiger charge is -2.01. The molecule has 0 fully saturated rings. The third-order valence-electron chi connectivity index (χ3n) is 3.11. The molecule has 2 rings (SSSR count). The summed E-state index contributed by atoms with van der Waals surface area (Å²) in [5.41, 5.74) is 2.44. The number of allylic oxidation sites excluding steroid dienone is 1. The molecule has 0 radical (unpaired) electrons. The van der Waals surface area contributed by atoms with Crippen LogP contribution in [0.1, 0.15) is 34.8 Å². The van der Waals surface area contributed by atoms with E-state index in [2.05, 4.69) is 0 Å². The quantitative estimate of drug-likeness (QED) is 0.577. The summed E-state index contributed by atoms with van der Waals surface area (Å²) in [7, 11) is 0. The fraction of sp³-hybridized carbons (Fsp3) is 0.158. The zero-order valence-corrected chi connectivity index (χ0v) is 13.3. The van der Waals surface area contributed by atoms with Crippen molar-refractivity contribution in [1.82, 2.24) is 0 Å². The molecular formula is C19H18O2S. The molecule has 2 nitrogen and oxygen atoms in total. The van der Waals surface area contributed by atoms with Crippen LogP contribution in [-0.4, -0.2) is 16.7 Å². The van der Waals surface area contributed by atoms with Crippen LogP contribution in [-0.2, 0) is 4.79 Å². The van der Waals surface area contributed by atoms with Crippen molar-refractivity contribution < 1.29 is 9.59 Å². The van der Waals surface area contributed by atoms with E-state index < -0.39 is 0 Å². The maximum absolute atomic E-state index is 12.3. The summed E-state index contributed by atoms with van der Waals surface area (Å²) in [6, 6.07) is 16.8. The lowest BCUT2D eigenvalue weighted by Crippen LogP contribution is -2.00. The molecule has 0 N–H and O–H groups in total. The highest BCUT2D eigenvalue weighted by molar-refractivity contribution is 8.13. The van der Waals surface area contributed by atoms with Gasteiger partial charge in [0.05, 0.1) is 0 Å².